The zero-order valence-electron chi connectivity index (χ0n) is 26.1. The number of nitrogens with two attached hydrogens (primary N) is 2. The normalized spacial score (nSPS) is 21.9. The van der Waals surface area contributed by atoms with Gasteiger partial charge in [0.1, 0.15) is 18.1 Å². The van der Waals surface area contributed by atoms with E-state index in [1.165, 1.54) is 0 Å². The summed E-state index contributed by atoms with van der Waals surface area (Å²) in [6.45, 7) is 0.336. The zero-order valence-corrected chi connectivity index (χ0v) is 26.1. The molecule has 4 amide bonds. The Labute approximate surface area is 272 Å². The van der Waals surface area contributed by atoms with Crippen molar-refractivity contribution in [2.45, 2.75) is 56.3 Å². The molecule has 9 N–H and O–H groups in total. The van der Waals surface area contributed by atoms with Crippen LogP contribution in [-0.2, 0) is 35.1 Å². The fourth-order valence-electron chi connectivity index (χ4n) is 4.69. The molecule has 2 aromatic carbocycles. The van der Waals surface area contributed by atoms with E-state index in [2.05, 4.69) is 26.3 Å². The predicted molar refractivity (Wildman–Crippen MR) is 172 cm³/mol. The minimum atomic E-state index is -1.38. The van der Waals surface area contributed by atoms with Crippen LogP contribution in [-0.4, -0.2) is 97.8 Å². The highest BCUT2D eigenvalue weighted by molar-refractivity contribution is 5.99. The number of benzene rings is 2. The van der Waals surface area contributed by atoms with Gasteiger partial charge in [-0.1, -0.05) is 48.5 Å². The number of carbonyl (C=O) groups is 5. The number of rotatable bonds is 9. The molecule has 0 radical (unpaired) electrons. The van der Waals surface area contributed by atoms with Crippen LogP contribution in [0.15, 0.2) is 65.7 Å². The van der Waals surface area contributed by atoms with Gasteiger partial charge in [-0.15, -0.1) is 0 Å². The van der Waals surface area contributed by atoms with Crippen LogP contribution in [0.1, 0.15) is 41.6 Å². The van der Waals surface area contributed by atoms with Gasteiger partial charge in [0, 0.05) is 38.3 Å². The van der Waals surface area contributed by atoms with Crippen molar-refractivity contribution in [2.24, 2.45) is 16.5 Å². The lowest BCUT2D eigenvalue weighted by Gasteiger charge is -2.26. The molecule has 15 nitrogen and oxygen atoms in total. The number of carboxylic acids is 1. The molecule has 4 unspecified atom stereocenters. The monoisotopic (exact) mass is 653 g/mol. The fraction of sp³-hybridized carbons (Fsp3) is 0.438. The Kier molecular flexibility index (Phi) is 15.1. The molecule has 0 bridgehead atoms. The molecule has 0 aromatic heterocycles. The van der Waals surface area contributed by atoms with Crippen LogP contribution < -0.4 is 32.7 Å². The van der Waals surface area contributed by atoms with E-state index in [0.717, 1.165) is 5.56 Å². The summed E-state index contributed by atoms with van der Waals surface area (Å²) < 4.78 is 11.1. The minimum absolute atomic E-state index is 0.0562. The number of nitrogens with zero attached hydrogens (tertiary/aromatic N) is 1. The van der Waals surface area contributed by atoms with Gasteiger partial charge in [-0.25, -0.2) is 4.79 Å². The highest BCUT2D eigenvalue weighted by Gasteiger charge is 2.31. The van der Waals surface area contributed by atoms with Crippen molar-refractivity contribution >= 4 is 35.6 Å². The Morgan fingerprint density at radius 3 is 2.17 bits per heavy atom. The number of nitrogens with one attached hydrogen (secondary N) is 4. The zero-order chi connectivity index (χ0) is 34.0. The highest BCUT2D eigenvalue weighted by Crippen LogP contribution is 2.09. The van der Waals surface area contributed by atoms with E-state index in [1.54, 1.807) is 60.7 Å². The average molecular weight is 654 g/mol. The van der Waals surface area contributed by atoms with E-state index < -0.39 is 53.8 Å². The van der Waals surface area contributed by atoms with Gasteiger partial charge >= 0.3 is 5.97 Å². The average Bonchev–Trinajstić information content (AvgIpc) is 3.05. The van der Waals surface area contributed by atoms with E-state index in [4.69, 9.17) is 20.9 Å². The Balaban J connectivity index is 1.90. The van der Waals surface area contributed by atoms with Crippen molar-refractivity contribution in [1.29, 1.82) is 0 Å². The second-order valence-electron chi connectivity index (χ2n) is 10.9. The number of aliphatic carboxylic acids is 1. The number of ether oxygens (including phenoxy) is 2. The van der Waals surface area contributed by atoms with Crippen molar-refractivity contribution < 1.29 is 38.6 Å². The lowest BCUT2D eigenvalue weighted by Crippen LogP contribution is -2.58. The largest absolute Gasteiger partial charge is 0.480 e. The van der Waals surface area contributed by atoms with Crippen LogP contribution in [0.2, 0.25) is 0 Å². The molecular weight excluding hydrogens is 610 g/mol. The smallest absolute Gasteiger partial charge is 0.328 e. The summed E-state index contributed by atoms with van der Waals surface area (Å²) in [4.78, 5) is 69.6. The maximum atomic E-state index is 13.8. The van der Waals surface area contributed by atoms with Gasteiger partial charge in [-0.05, 0) is 43.4 Å². The lowest BCUT2D eigenvalue weighted by atomic mass is 10.0. The number of hydrogen-bond donors (Lipinski definition) is 7. The molecule has 4 atom stereocenters. The van der Waals surface area contributed by atoms with Crippen LogP contribution in [0, 0.1) is 0 Å². The lowest BCUT2D eigenvalue weighted by molar-refractivity contribution is -0.144. The predicted octanol–water partition coefficient (Wildman–Crippen LogP) is -0.553. The van der Waals surface area contributed by atoms with Gasteiger partial charge < -0.3 is 47.3 Å². The van der Waals surface area contributed by atoms with E-state index in [9.17, 15) is 29.1 Å². The molecule has 47 heavy (non-hydrogen) atoms. The van der Waals surface area contributed by atoms with Crippen LogP contribution in [0.5, 0.6) is 0 Å². The third kappa shape index (κ3) is 13.1. The number of carbonyl (C=O) groups excluding carboxylic acids is 4. The van der Waals surface area contributed by atoms with Gasteiger partial charge in [-0.2, -0.15) is 0 Å². The first-order valence-corrected chi connectivity index (χ1v) is 15.4. The number of aliphatic imine (C=N–C) groups is 1. The van der Waals surface area contributed by atoms with Gasteiger partial charge in [0.05, 0.1) is 6.61 Å². The van der Waals surface area contributed by atoms with Crippen molar-refractivity contribution in [3.05, 3.63) is 71.8 Å². The quantitative estimate of drug-likeness (QED) is 0.104. The molecule has 0 saturated carbocycles. The van der Waals surface area contributed by atoms with Crippen LogP contribution in [0.25, 0.3) is 0 Å². The Morgan fingerprint density at radius 1 is 0.851 bits per heavy atom. The molecule has 15 heteroatoms. The molecule has 1 saturated heterocycles. The van der Waals surface area contributed by atoms with Gasteiger partial charge in [0.2, 0.25) is 17.7 Å². The molecular formula is C32H43N7O8. The second-order valence-corrected chi connectivity index (χ2v) is 10.9. The van der Waals surface area contributed by atoms with Gasteiger partial charge in [0.15, 0.2) is 12.0 Å². The van der Waals surface area contributed by atoms with Crippen LogP contribution in [0.3, 0.4) is 0 Å². The van der Waals surface area contributed by atoms with Crippen molar-refractivity contribution in [3.63, 3.8) is 0 Å². The van der Waals surface area contributed by atoms with E-state index in [-0.39, 0.29) is 64.6 Å². The molecule has 2 aromatic rings. The highest BCUT2D eigenvalue weighted by atomic mass is 16.5. The van der Waals surface area contributed by atoms with Crippen LogP contribution in [0.4, 0.5) is 0 Å². The van der Waals surface area contributed by atoms with E-state index in [1.807, 2.05) is 0 Å². The first-order chi connectivity index (χ1) is 22.6. The summed E-state index contributed by atoms with van der Waals surface area (Å²) in [5.41, 5.74) is 11.9. The summed E-state index contributed by atoms with van der Waals surface area (Å²) in [6, 6.07) is 12.5. The topological polar surface area (TPSA) is 237 Å². The van der Waals surface area contributed by atoms with Crippen molar-refractivity contribution in [1.82, 2.24) is 21.3 Å². The minimum Gasteiger partial charge on any atom is -0.480 e. The third-order valence-electron chi connectivity index (χ3n) is 7.18. The number of amides is 4. The Hall–Kier alpha value is -5.02. The summed E-state index contributed by atoms with van der Waals surface area (Å²) in [5.74, 6) is -4.02. The standard InChI is InChI=1S/C32H43N7O8/c33-32(34)35-15-7-13-23-28(41)39-26(31(44)45)20-47-17-8-16-46-18-14-24(36-27(40)22-11-5-2-6-12-22)29(42)38-25(30(43)37-23)19-21-9-3-1-4-10-21/h1-6,9-12,23-26H,7-8,13-20H2,(H,36,40)(H,37,43)(H,38,42)(H,39,41)(H,44,45)(H4,33,34,35). The third-order valence-corrected chi connectivity index (χ3v) is 7.18. The van der Waals surface area contributed by atoms with Crippen molar-refractivity contribution in [2.75, 3.05) is 33.0 Å². The molecule has 0 aliphatic carbocycles. The van der Waals surface area contributed by atoms with Gasteiger partial charge in [-0.3, -0.25) is 24.2 Å². The maximum absolute atomic E-state index is 13.8. The summed E-state index contributed by atoms with van der Waals surface area (Å²) in [6.07, 6.45) is 0.897. The fourth-order valence-corrected chi connectivity index (χ4v) is 4.69. The number of guanidine groups is 1. The molecule has 1 aliphatic rings. The first kappa shape index (κ1) is 36.4. The SMILES string of the molecule is NC(N)=NCCCC1NC(=O)C(Cc2ccccc2)NC(=O)C(NC(=O)c2ccccc2)CCOCCCOCC(C(=O)O)NC1=O. The second kappa shape index (κ2) is 19.5. The molecule has 1 fully saturated rings. The molecule has 1 aliphatic heterocycles. The Bertz CT molecular complexity index is 1360. The number of hydrogen-bond acceptors (Lipinski definition) is 8. The molecule has 3 rings (SSSR count). The van der Waals surface area contributed by atoms with Crippen LogP contribution >= 0.6 is 0 Å². The van der Waals surface area contributed by atoms with E-state index in [0.29, 0.717) is 12.0 Å². The summed E-state index contributed by atoms with van der Waals surface area (Å²) in [7, 11) is 0. The Morgan fingerprint density at radius 2 is 1.49 bits per heavy atom. The first-order valence-electron chi connectivity index (χ1n) is 15.4. The van der Waals surface area contributed by atoms with Crippen molar-refractivity contribution in [3.8, 4) is 0 Å². The van der Waals surface area contributed by atoms with E-state index >= 15 is 0 Å². The maximum Gasteiger partial charge on any atom is 0.328 e. The molecule has 0 spiro atoms. The number of carboxylic acid groups (broad SMARTS) is 1. The summed E-state index contributed by atoms with van der Waals surface area (Å²) >= 11 is 0. The molecule has 254 valence electrons. The molecule has 1 heterocycles. The van der Waals surface area contributed by atoms with Gasteiger partial charge in [0.25, 0.3) is 5.91 Å². The summed E-state index contributed by atoms with van der Waals surface area (Å²) in [5, 5.41) is 20.3.